The second-order valence-corrected chi connectivity index (χ2v) is 3.96. The van der Waals surface area contributed by atoms with Gasteiger partial charge in [-0.1, -0.05) is 18.2 Å². The standard InChI is InChI=1S/C12H17NO3/c1-12(15,11(14)16-3)9-13(2)10-7-5-4-6-8-10/h4-8,15H,9H2,1-3H3. The number of methoxy groups -OCH3 is 1. The molecule has 1 atom stereocenters. The first kappa shape index (κ1) is 12.5. The molecule has 0 bridgehead atoms. The average Bonchev–Trinajstić information content (AvgIpc) is 2.28. The van der Waals surface area contributed by atoms with Crippen LogP contribution >= 0.6 is 0 Å². The first-order valence-electron chi connectivity index (χ1n) is 5.04. The highest BCUT2D eigenvalue weighted by molar-refractivity contribution is 5.79. The Morgan fingerprint density at radius 1 is 1.44 bits per heavy atom. The quantitative estimate of drug-likeness (QED) is 0.775. The molecule has 4 nitrogen and oxygen atoms in total. The van der Waals surface area contributed by atoms with E-state index in [-0.39, 0.29) is 6.54 Å². The Morgan fingerprint density at radius 3 is 2.50 bits per heavy atom. The minimum Gasteiger partial charge on any atom is -0.467 e. The molecule has 1 aromatic rings. The highest BCUT2D eigenvalue weighted by Gasteiger charge is 2.32. The highest BCUT2D eigenvalue weighted by Crippen LogP contribution is 2.15. The molecule has 0 heterocycles. The van der Waals surface area contributed by atoms with Crippen LogP contribution in [-0.2, 0) is 9.53 Å². The van der Waals surface area contributed by atoms with Crippen LogP contribution in [0, 0.1) is 0 Å². The number of hydrogen-bond acceptors (Lipinski definition) is 4. The van der Waals surface area contributed by atoms with Gasteiger partial charge in [0, 0.05) is 12.7 Å². The smallest absolute Gasteiger partial charge is 0.339 e. The number of ether oxygens (including phenoxy) is 1. The van der Waals surface area contributed by atoms with Crippen molar-refractivity contribution < 1.29 is 14.6 Å². The SMILES string of the molecule is COC(=O)C(C)(O)CN(C)c1ccccc1. The highest BCUT2D eigenvalue weighted by atomic mass is 16.5. The van der Waals surface area contributed by atoms with Crippen molar-refractivity contribution in [2.24, 2.45) is 0 Å². The number of anilines is 1. The Bertz CT molecular complexity index is 349. The molecule has 1 unspecified atom stereocenters. The predicted octanol–water partition coefficient (Wildman–Crippen LogP) is 1.05. The van der Waals surface area contributed by atoms with Crippen LogP contribution in [-0.4, -0.2) is 37.4 Å². The van der Waals surface area contributed by atoms with Crippen molar-refractivity contribution in [1.29, 1.82) is 0 Å². The van der Waals surface area contributed by atoms with Crippen molar-refractivity contribution in [3.8, 4) is 0 Å². The lowest BCUT2D eigenvalue weighted by Crippen LogP contribution is -2.46. The summed E-state index contributed by atoms with van der Waals surface area (Å²) in [5.41, 5.74) is -0.564. The topological polar surface area (TPSA) is 49.8 Å². The summed E-state index contributed by atoms with van der Waals surface area (Å²) >= 11 is 0. The third kappa shape index (κ3) is 2.97. The molecule has 1 N–H and O–H groups in total. The summed E-state index contributed by atoms with van der Waals surface area (Å²) in [6, 6.07) is 9.54. The molecule has 1 rings (SSSR count). The van der Waals surface area contributed by atoms with Gasteiger partial charge in [0.15, 0.2) is 5.60 Å². The number of aliphatic hydroxyl groups is 1. The van der Waals surface area contributed by atoms with Crippen LogP contribution in [0.1, 0.15) is 6.92 Å². The molecular weight excluding hydrogens is 206 g/mol. The zero-order chi connectivity index (χ0) is 12.2. The van der Waals surface area contributed by atoms with Crippen LogP contribution in [0.3, 0.4) is 0 Å². The van der Waals surface area contributed by atoms with Gasteiger partial charge in [0.2, 0.25) is 0 Å². The fraction of sp³-hybridized carbons (Fsp3) is 0.417. The number of hydrogen-bond donors (Lipinski definition) is 1. The average molecular weight is 223 g/mol. The normalized spacial score (nSPS) is 14.0. The lowest BCUT2D eigenvalue weighted by atomic mass is 10.1. The summed E-state index contributed by atoms with van der Waals surface area (Å²) in [6.45, 7) is 1.63. The van der Waals surface area contributed by atoms with Crippen LogP contribution in [0.25, 0.3) is 0 Å². The molecular formula is C12H17NO3. The van der Waals surface area contributed by atoms with Crippen LogP contribution in [0.5, 0.6) is 0 Å². The fourth-order valence-electron chi connectivity index (χ4n) is 1.52. The van der Waals surface area contributed by atoms with Gasteiger partial charge in [-0.05, 0) is 19.1 Å². The molecule has 0 aromatic heterocycles. The molecule has 0 radical (unpaired) electrons. The third-order valence-corrected chi connectivity index (χ3v) is 2.37. The van der Waals surface area contributed by atoms with Crippen LogP contribution < -0.4 is 4.90 Å². The molecule has 0 fully saturated rings. The first-order valence-corrected chi connectivity index (χ1v) is 5.04. The number of likely N-dealkylation sites (N-methyl/N-ethyl adjacent to an activating group) is 1. The van der Waals surface area contributed by atoms with Gasteiger partial charge in [0.05, 0.1) is 13.7 Å². The van der Waals surface area contributed by atoms with Gasteiger partial charge in [-0.3, -0.25) is 0 Å². The van der Waals surface area contributed by atoms with Gasteiger partial charge < -0.3 is 14.7 Å². The van der Waals surface area contributed by atoms with Gasteiger partial charge in [0.1, 0.15) is 0 Å². The maximum Gasteiger partial charge on any atom is 0.339 e. The Labute approximate surface area is 95.5 Å². The van der Waals surface area contributed by atoms with Gasteiger partial charge >= 0.3 is 5.97 Å². The summed E-state index contributed by atoms with van der Waals surface area (Å²) in [6.07, 6.45) is 0. The Morgan fingerprint density at radius 2 is 2.00 bits per heavy atom. The van der Waals surface area contributed by atoms with Crippen LogP contribution in [0.2, 0.25) is 0 Å². The van der Waals surface area contributed by atoms with Gasteiger partial charge in [-0.25, -0.2) is 4.79 Å². The molecule has 0 amide bonds. The number of carbonyl (C=O) groups is 1. The molecule has 0 saturated carbocycles. The van der Waals surface area contributed by atoms with Crippen molar-refractivity contribution in [3.05, 3.63) is 30.3 Å². The van der Waals surface area contributed by atoms with Crippen LogP contribution in [0.4, 0.5) is 5.69 Å². The number of nitrogens with zero attached hydrogens (tertiary/aromatic N) is 1. The molecule has 0 aliphatic rings. The van der Waals surface area contributed by atoms with E-state index in [0.29, 0.717) is 0 Å². The zero-order valence-corrected chi connectivity index (χ0v) is 9.80. The lowest BCUT2D eigenvalue weighted by Gasteiger charge is -2.28. The van der Waals surface area contributed by atoms with E-state index in [9.17, 15) is 9.90 Å². The van der Waals surface area contributed by atoms with E-state index in [2.05, 4.69) is 4.74 Å². The third-order valence-electron chi connectivity index (χ3n) is 2.37. The molecule has 4 heteroatoms. The summed E-state index contributed by atoms with van der Waals surface area (Å²) in [5, 5.41) is 9.90. The molecule has 0 aliphatic carbocycles. The van der Waals surface area contributed by atoms with Crippen molar-refractivity contribution in [2.45, 2.75) is 12.5 Å². The molecule has 88 valence electrons. The van der Waals surface area contributed by atoms with E-state index in [0.717, 1.165) is 5.69 Å². The molecule has 1 aromatic carbocycles. The van der Waals surface area contributed by atoms with Crippen molar-refractivity contribution in [3.63, 3.8) is 0 Å². The van der Waals surface area contributed by atoms with E-state index in [1.165, 1.54) is 14.0 Å². The second kappa shape index (κ2) is 4.99. The van der Waals surface area contributed by atoms with Gasteiger partial charge in [0.25, 0.3) is 0 Å². The van der Waals surface area contributed by atoms with E-state index >= 15 is 0 Å². The summed E-state index contributed by atoms with van der Waals surface area (Å²) < 4.78 is 4.54. The Kier molecular flexibility index (Phi) is 3.90. The van der Waals surface area contributed by atoms with Crippen molar-refractivity contribution in [2.75, 3.05) is 25.6 Å². The second-order valence-electron chi connectivity index (χ2n) is 3.96. The maximum atomic E-state index is 11.3. The van der Waals surface area contributed by atoms with E-state index in [1.807, 2.05) is 37.4 Å². The number of rotatable bonds is 4. The van der Waals surface area contributed by atoms with Crippen LogP contribution in [0.15, 0.2) is 30.3 Å². The molecule has 0 saturated heterocycles. The summed E-state index contributed by atoms with van der Waals surface area (Å²) in [4.78, 5) is 13.1. The Hall–Kier alpha value is -1.55. The Balaban J connectivity index is 2.71. The molecule has 16 heavy (non-hydrogen) atoms. The minimum absolute atomic E-state index is 0.184. The fourth-order valence-corrected chi connectivity index (χ4v) is 1.52. The molecule has 0 aliphatic heterocycles. The maximum absolute atomic E-state index is 11.3. The van der Waals surface area contributed by atoms with Crippen molar-refractivity contribution >= 4 is 11.7 Å². The molecule has 0 spiro atoms. The number of esters is 1. The van der Waals surface area contributed by atoms with Gasteiger partial charge in [-0.2, -0.15) is 0 Å². The summed E-state index contributed by atoms with van der Waals surface area (Å²) in [5.74, 6) is -0.629. The first-order chi connectivity index (χ1) is 7.47. The van der Waals surface area contributed by atoms with E-state index < -0.39 is 11.6 Å². The lowest BCUT2D eigenvalue weighted by molar-refractivity contribution is -0.159. The van der Waals surface area contributed by atoms with Crippen molar-refractivity contribution in [1.82, 2.24) is 0 Å². The van der Waals surface area contributed by atoms with E-state index in [1.54, 1.807) is 4.90 Å². The summed E-state index contributed by atoms with van der Waals surface area (Å²) in [7, 11) is 3.08. The number of carbonyl (C=O) groups excluding carboxylic acids is 1. The monoisotopic (exact) mass is 223 g/mol. The predicted molar refractivity (Wildman–Crippen MR) is 62.4 cm³/mol. The largest absolute Gasteiger partial charge is 0.467 e. The number of benzene rings is 1. The minimum atomic E-state index is -1.50. The number of para-hydroxylation sites is 1. The zero-order valence-electron chi connectivity index (χ0n) is 9.80. The van der Waals surface area contributed by atoms with E-state index in [4.69, 9.17) is 0 Å². The van der Waals surface area contributed by atoms with Gasteiger partial charge in [-0.15, -0.1) is 0 Å².